The van der Waals surface area contributed by atoms with E-state index in [-0.39, 0.29) is 5.75 Å². The van der Waals surface area contributed by atoms with Crippen LogP contribution >= 0.6 is 7.82 Å². The summed E-state index contributed by atoms with van der Waals surface area (Å²) in [5, 5.41) is 0.457. The van der Waals surface area contributed by atoms with Crippen molar-refractivity contribution in [2.24, 2.45) is 5.73 Å². The van der Waals surface area contributed by atoms with E-state index in [1.165, 1.54) is 24.4 Å². The van der Waals surface area contributed by atoms with Crippen LogP contribution in [0.2, 0.25) is 0 Å². The Labute approximate surface area is 95.4 Å². The van der Waals surface area contributed by atoms with Gasteiger partial charge in [-0.15, -0.1) is 0 Å². The van der Waals surface area contributed by atoms with Crippen LogP contribution in [-0.2, 0) is 4.57 Å². The van der Waals surface area contributed by atoms with Crippen LogP contribution in [0.15, 0.2) is 24.4 Å². The van der Waals surface area contributed by atoms with Crippen molar-refractivity contribution in [1.82, 2.24) is 4.98 Å². The molecule has 0 aliphatic rings. The van der Waals surface area contributed by atoms with E-state index < -0.39 is 13.7 Å². The molecule has 0 aliphatic carbocycles. The molecule has 1 aromatic carbocycles. The summed E-state index contributed by atoms with van der Waals surface area (Å²) in [7, 11) is -4.60. The molecule has 0 saturated carbocycles. The minimum atomic E-state index is -4.60. The molecule has 0 bridgehead atoms. The van der Waals surface area contributed by atoms with Crippen LogP contribution in [-0.4, -0.2) is 20.7 Å². The maximum absolute atomic E-state index is 10.9. The van der Waals surface area contributed by atoms with Crippen molar-refractivity contribution in [3.05, 3.63) is 30.0 Å². The van der Waals surface area contributed by atoms with E-state index in [0.717, 1.165) is 0 Å². The first-order valence-corrected chi connectivity index (χ1v) is 6.06. The van der Waals surface area contributed by atoms with E-state index in [0.29, 0.717) is 16.5 Å². The van der Waals surface area contributed by atoms with Gasteiger partial charge in [0.05, 0.1) is 5.52 Å². The Kier molecular flexibility index (Phi) is 2.66. The maximum Gasteiger partial charge on any atom is 0.524 e. The Bertz CT molecular complexity index is 629. The molecule has 0 radical (unpaired) electrons. The van der Waals surface area contributed by atoms with Crippen molar-refractivity contribution < 1.29 is 23.7 Å². The summed E-state index contributed by atoms with van der Waals surface area (Å²) in [5.74, 6) is -0.566. The molecule has 0 unspecified atom stereocenters. The molecule has 0 atom stereocenters. The number of rotatable bonds is 3. The first kappa shape index (κ1) is 11.7. The third-order valence-electron chi connectivity index (χ3n) is 2.15. The van der Waals surface area contributed by atoms with Crippen LogP contribution < -0.4 is 10.3 Å². The van der Waals surface area contributed by atoms with Gasteiger partial charge in [-0.05, 0) is 18.2 Å². The van der Waals surface area contributed by atoms with Crippen LogP contribution in [0.25, 0.3) is 10.9 Å². The zero-order valence-electron chi connectivity index (χ0n) is 8.45. The van der Waals surface area contributed by atoms with Crippen LogP contribution in [0.5, 0.6) is 5.75 Å². The van der Waals surface area contributed by atoms with Crippen LogP contribution in [0.1, 0.15) is 10.4 Å². The van der Waals surface area contributed by atoms with Crippen LogP contribution in [0.4, 0.5) is 0 Å². The number of nitrogens with two attached hydrogens (primary N) is 1. The Morgan fingerprint density at radius 1 is 1.41 bits per heavy atom. The predicted octanol–water partition coefficient (Wildman–Crippen LogP) is 0.738. The number of hydrogen-bond acceptors (Lipinski definition) is 3. The number of hydrogen-bond donors (Lipinski definition) is 4. The number of phosphoric ester groups is 1. The highest BCUT2D eigenvalue weighted by Crippen LogP contribution is 2.40. The highest BCUT2D eigenvalue weighted by molar-refractivity contribution is 7.46. The monoisotopic (exact) mass is 256 g/mol. The number of aromatic amines is 1. The molecule has 0 aliphatic heterocycles. The molecule has 2 aromatic rings. The minimum absolute atomic E-state index is 0.0179. The number of fused-ring (bicyclic) bond motifs is 1. The predicted molar refractivity (Wildman–Crippen MR) is 59.5 cm³/mol. The first-order chi connectivity index (χ1) is 7.87. The van der Waals surface area contributed by atoms with Crippen molar-refractivity contribution in [2.75, 3.05) is 0 Å². The van der Waals surface area contributed by atoms with Gasteiger partial charge in [-0.3, -0.25) is 14.6 Å². The lowest BCUT2D eigenvalue weighted by molar-refractivity contribution is 0.100. The second-order valence-electron chi connectivity index (χ2n) is 3.36. The largest absolute Gasteiger partial charge is 0.524 e. The zero-order chi connectivity index (χ0) is 12.6. The quantitative estimate of drug-likeness (QED) is 0.602. The van der Waals surface area contributed by atoms with E-state index in [9.17, 15) is 9.36 Å². The van der Waals surface area contributed by atoms with E-state index in [4.69, 9.17) is 15.5 Å². The zero-order valence-corrected chi connectivity index (χ0v) is 9.35. The topological polar surface area (TPSA) is 126 Å². The van der Waals surface area contributed by atoms with E-state index in [2.05, 4.69) is 9.51 Å². The second-order valence-corrected chi connectivity index (χ2v) is 4.52. The van der Waals surface area contributed by atoms with Gasteiger partial charge in [0.2, 0.25) is 5.91 Å². The Morgan fingerprint density at radius 2 is 2.12 bits per heavy atom. The first-order valence-electron chi connectivity index (χ1n) is 4.53. The molecular weight excluding hydrogens is 247 g/mol. The molecule has 17 heavy (non-hydrogen) atoms. The fraction of sp³-hybridized carbons (Fsp3) is 0. The van der Waals surface area contributed by atoms with Gasteiger partial charge in [0.1, 0.15) is 0 Å². The highest BCUT2D eigenvalue weighted by atomic mass is 31.2. The molecule has 2 rings (SSSR count). The molecule has 1 heterocycles. The molecule has 1 amide bonds. The SMILES string of the molecule is NC(=O)c1ccc2c(OP(=O)(O)O)c[nH]c2c1. The van der Waals surface area contributed by atoms with Crippen molar-refractivity contribution in [3.8, 4) is 5.75 Å². The van der Waals surface area contributed by atoms with Crippen LogP contribution in [0.3, 0.4) is 0 Å². The summed E-state index contributed by atoms with van der Waals surface area (Å²) in [4.78, 5) is 31.0. The Hall–Kier alpha value is -1.82. The summed E-state index contributed by atoms with van der Waals surface area (Å²) in [6, 6.07) is 4.42. The molecule has 0 fully saturated rings. The molecule has 8 heteroatoms. The summed E-state index contributed by atoms with van der Waals surface area (Å²) in [5.41, 5.74) is 5.90. The second kappa shape index (κ2) is 3.89. The third kappa shape index (κ3) is 2.47. The molecule has 5 N–H and O–H groups in total. The lowest BCUT2D eigenvalue weighted by atomic mass is 10.1. The van der Waals surface area contributed by atoms with E-state index in [1.54, 1.807) is 0 Å². The molecule has 7 nitrogen and oxygen atoms in total. The van der Waals surface area contributed by atoms with Crippen molar-refractivity contribution >= 4 is 24.6 Å². The Balaban J connectivity index is 2.49. The van der Waals surface area contributed by atoms with Crippen molar-refractivity contribution in [1.29, 1.82) is 0 Å². The van der Waals surface area contributed by atoms with E-state index >= 15 is 0 Å². The van der Waals surface area contributed by atoms with Gasteiger partial charge in [-0.1, -0.05) is 0 Å². The smallest absolute Gasteiger partial charge is 0.402 e. The normalized spacial score (nSPS) is 11.6. The summed E-state index contributed by atoms with van der Waals surface area (Å²) in [6.07, 6.45) is 1.30. The van der Waals surface area contributed by atoms with Gasteiger partial charge in [0.15, 0.2) is 5.75 Å². The van der Waals surface area contributed by atoms with Gasteiger partial charge >= 0.3 is 7.82 Å². The fourth-order valence-corrected chi connectivity index (χ4v) is 1.86. The molecule has 1 aromatic heterocycles. The van der Waals surface area contributed by atoms with Gasteiger partial charge in [-0.2, -0.15) is 0 Å². The van der Waals surface area contributed by atoms with Gasteiger partial charge < -0.3 is 15.2 Å². The lowest BCUT2D eigenvalue weighted by Gasteiger charge is -2.04. The number of phosphoric acid groups is 1. The molecule has 0 saturated heterocycles. The minimum Gasteiger partial charge on any atom is -0.402 e. The van der Waals surface area contributed by atoms with Gasteiger partial charge in [-0.25, -0.2) is 4.57 Å². The number of H-pyrrole nitrogens is 1. The number of amides is 1. The van der Waals surface area contributed by atoms with Crippen LogP contribution in [0, 0.1) is 0 Å². The number of benzene rings is 1. The van der Waals surface area contributed by atoms with Gasteiger partial charge in [0, 0.05) is 17.1 Å². The van der Waals surface area contributed by atoms with Crippen molar-refractivity contribution in [2.45, 2.75) is 0 Å². The summed E-state index contributed by atoms with van der Waals surface area (Å²) in [6.45, 7) is 0. The average Bonchev–Trinajstić information content (AvgIpc) is 2.58. The average molecular weight is 256 g/mol. The third-order valence-corrected chi connectivity index (χ3v) is 2.58. The van der Waals surface area contributed by atoms with Gasteiger partial charge in [0.25, 0.3) is 0 Å². The molecule has 0 spiro atoms. The number of primary amides is 1. The highest BCUT2D eigenvalue weighted by Gasteiger charge is 2.18. The fourth-order valence-electron chi connectivity index (χ4n) is 1.46. The number of carbonyl (C=O) groups is 1. The van der Waals surface area contributed by atoms with E-state index in [1.807, 2.05) is 0 Å². The standard InChI is InChI=1S/C9H9N2O5P/c10-9(12)5-1-2-6-7(3-5)11-4-8(6)16-17(13,14)15/h1-4,11H,(H2,10,12)(H2,13,14,15). The number of aromatic nitrogens is 1. The summed E-state index contributed by atoms with van der Waals surface area (Å²) >= 11 is 0. The summed E-state index contributed by atoms with van der Waals surface area (Å²) < 4.78 is 15.2. The maximum atomic E-state index is 10.9. The van der Waals surface area contributed by atoms with Crippen molar-refractivity contribution in [3.63, 3.8) is 0 Å². The Morgan fingerprint density at radius 3 is 2.71 bits per heavy atom. The number of nitrogens with one attached hydrogen (secondary N) is 1. The molecular formula is C9H9N2O5P. The number of carbonyl (C=O) groups excluding carboxylic acids is 1. The molecule has 90 valence electrons. The lowest BCUT2D eigenvalue weighted by Crippen LogP contribution is -2.10.